The lowest BCUT2D eigenvalue weighted by atomic mass is 10.2. The number of rotatable bonds is 5. The molecular formula is C15H19ClN2O4S. The minimum atomic E-state index is -0.387. The van der Waals surface area contributed by atoms with Crippen LogP contribution in [-0.2, 0) is 25.5 Å². The molecule has 126 valence electrons. The molecular weight excluding hydrogens is 340 g/mol. The number of hydrogen-bond donors (Lipinski definition) is 0. The Labute approximate surface area is 144 Å². The monoisotopic (exact) mass is 358 g/mol. The van der Waals surface area contributed by atoms with Crippen molar-refractivity contribution in [1.29, 1.82) is 0 Å². The predicted octanol–water partition coefficient (Wildman–Crippen LogP) is 1.57. The highest BCUT2D eigenvalue weighted by molar-refractivity contribution is 7.16. The first-order chi connectivity index (χ1) is 11.0. The van der Waals surface area contributed by atoms with Crippen molar-refractivity contribution in [3.8, 4) is 0 Å². The highest BCUT2D eigenvalue weighted by atomic mass is 35.5. The van der Waals surface area contributed by atoms with Crippen molar-refractivity contribution in [3.63, 3.8) is 0 Å². The lowest BCUT2D eigenvalue weighted by Crippen LogP contribution is -2.51. The number of thiophene rings is 1. The third-order valence-electron chi connectivity index (χ3n) is 3.71. The van der Waals surface area contributed by atoms with Gasteiger partial charge in [-0.05, 0) is 12.1 Å². The summed E-state index contributed by atoms with van der Waals surface area (Å²) < 4.78 is 5.20. The van der Waals surface area contributed by atoms with Gasteiger partial charge in [-0.1, -0.05) is 11.6 Å². The Morgan fingerprint density at radius 2 is 1.70 bits per heavy atom. The zero-order valence-electron chi connectivity index (χ0n) is 12.9. The molecule has 0 unspecified atom stereocenters. The Kier molecular flexibility index (Phi) is 6.41. The highest BCUT2D eigenvalue weighted by Crippen LogP contribution is 2.22. The average molecular weight is 359 g/mol. The fourth-order valence-electron chi connectivity index (χ4n) is 2.38. The number of carbonyl (C=O) groups excluding carboxylic acids is 3. The third-order valence-corrected chi connectivity index (χ3v) is 4.94. The van der Waals surface area contributed by atoms with Gasteiger partial charge < -0.3 is 14.5 Å². The van der Waals surface area contributed by atoms with Crippen LogP contribution < -0.4 is 0 Å². The molecule has 2 amide bonds. The summed E-state index contributed by atoms with van der Waals surface area (Å²) in [5.41, 5.74) is 0. The van der Waals surface area contributed by atoms with Crippen molar-refractivity contribution in [1.82, 2.24) is 9.80 Å². The molecule has 2 heterocycles. The Bertz CT molecular complexity index is 582. The SMILES string of the molecule is COC(=O)CCC(=O)N1CCN(C(=O)Cc2ccc(Cl)s2)CC1. The summed E-state index contributed by atoms with van der Waals surface area (Å²) in [6.07, 6.45) is 0.579. The smallest absolute Gasteiger partial charge is 0.306 e. The molecule has 1 aromatic heterocycles. The zero-order chi connectivity index (χ0) is 16.8. The predicted molar refractivity (Wildman–Crippen MR) is 87.4 cm³/mol. The Balaban J connectivity index is 1.75. The number of methoxy groups -OCH3 is 1. The Hall–Kier alpha value is -1.60. The third kappa shape index (κ3) is 5.21. The standard InChI is InChI=1S/C15H19ClN2O4S/c1-22-15(21)5-4-13(19)17-6-8-18(9-7-17)14(20)10-11-2-3-12(16)23-11/h2-3H,4-10H2,1H3. The summed E-state index contributed by atoms with van der Waals surface area (Å²) in [5.74, 6) is -0.417. The van der Waals surface area contributed by atoms with Crippen LogP contribution in [0.25, 0.3) is 0 Å². The van der Waals surface area contributed by atoms with Crippen LogP contribution >= 0.6 is 22.9 Å². The minimum Gasteiger partial charge on any atom is -0.469 e. The first-order valence-corrected chi connectivity index (χ1v) is 8.55. The molecule has 2 rings (SSSR count). The Morgan fingerprint density at radius 1 is 1.09 bits per heavy atom. The van der Waals surface area contributed by atoms with Crippen molar-refractivity contribution in [2.75, 3.05) is 33.3 Å². The maximum absolute atomic E-state index is 12.2. The van der Waals surface area contributed by atoms with Gasteiger partial charge in [0.05, 0.1) is 24.3 Å². The van der Waals surface area contributed by atoms with Crippen molar-refractivity contribution < 1.29 is 19.1 Å². The lowest BCUT2D eigenvalue weighted by molar-refractivity contribution is -0.144. The highest BCUT2D eigenvalue weighted by Gasteiger charge is 2.24. The molecule has 0 spiro atoms. The molecule has 0 aliphatic carbocycles. The molecule has 1 fully saturated rings. The number of piperazine rings is 1. The van der Waals surface area contributed by atoms with Crippen LogP contribution in [0.5, 0.6) is 0 Å². The number of halogens is 1. The van der Waals surface area contributed by atoms with E-state index in [-0.39, 0.29) is 30.6 Å². The van der Waals surface area contributed by atoms with Gasteiger partial charge in [-0.2, -0.15) is 0 Å². The molecule has 0 atom stereocenters. The number of hydrogen-bond acceptors (Lipinski definition) is 5. The summed E-state index contributed by atoms with van der Waals surface area (Å²) in [6, 6.07) is 3.64. The van der Waals surface area contributed by atoms with E-state index in [9.17, 15) is 14.4 Å². The zero-order valence-corrected chi connectivity index (χ0v) is 14.5. The molecule has 0 radical (unpaired) electrons. The quantitative estimate of drug-likeness (QED) is 0.749. The van der Waals surface area contributed by atoms with Crippen LogP contribution in [0, 0.1) is 0 Å². The first-order valence-electron chi connectivity index (χ1n) is 7.36. The topological polar surface area (TPSA) is 66.9 Å². The first kappa shape index (κ1) is 17.7. The van der Waals surface area contributed by atoms with Crippen LogP contribution in [0.15, 0.2) is 12.1 Å². The second kappa shape index (κ2) is 8.31. The van der Waals surface area contributed by atoms with Gasteiger partial charge in [0.15, 0.2) is 0 Å². The summed E-state index contributed by atoms with van der Waals surface area (Å²) >= 11 is 7.27. The summed E-state index contributed by atoms with van der Waals surface area (Å²) in [7, 11) is 1.30. The van der Waals surface area contributed by atoms with E-state index in [1.54, 1.807) is 15.9 Å². The van der Waals surface area contributed by atoms with E-state index >= 15 is 0 Å². The van der Waals surface area contributed by atoms with E-state index < -0.39 is 0 Å². The largest absolute Gasteiger partial charge is 0.469 e. The van der Waals surface area contributed by atoms with Gasteiger partial charge in [0.25, 0.3) is 0 Å². The van der Waals surface area contributed by atoms with Gasteiger partial charge >= 0.3 is 5.97 Å². The van der Waals surface area contributed by atoms with E-state index in [1.807, 2.05) is 6.07 Å². The van der Waals surface area contributed by atoms with Crippen molar-refractivity contribution >= 4 is 40.7 Å². The van der Waals surface area contributed by atoms with Crippen LogP contribution in [0.4, 0.5) is 0 Å². The molecule has 0 aromatic carbocycles. The number of amides is 2. The second-order valence-electron chi connectivity index (χ2n) is 5.22. The molecule has 1 aliphatic heterocycles. The summed E-state index contributed by atoms with van der Waals surface area (Å²) in [4.78, 5) is 39.7. The molecule has 0 N–H and O–H groups in total. The molecule has 1 aliphatic rings. The van der Waals surface area contributed by atoms with Crippen molar-refractivity contribution in [3.05, 3.63) is 21.3 Å². The van der Waals surface area contributed by atoms with Crippen molar-refractivity contribution in [2.45, 2.75) is 19.3 Å². The number of carbonyl (C=O) groups is 3. The van der Waals surface area contributed by atoms with Gasteiger partial charge in [-0.3, -0.25) is 14.4 Å². The van der Waals surface area contributed by atoms with Gasteiger partial charge in [0.1, 0.15) is 0 Å². The molecule has 8 heteroatoms. The van der Waals surface area contributed by atoms with E-state index in [1.165, 1.54) is 18.4 Å². The van der Waals surface area contributed by atoms with Gasteiger partial charge in [0, 0.05) is 37.5 Å². The lowest BCUT2D eigenvalue weighted by Gasteiger charge is -2.34. The van der Waals surface area contributed by atoms with E-state index in [4.69, 9.17) is 11.6 Å². The molecule has 0 saturated carbocycles. The van der Waals surface area contributed by atoms with Gasteiger partial charge in [-0.25, -0.2) is 0 Å². The van der Waals surface area contributed by atoms with Crippen LogP contribution in [-0.4, -0.2) is 60.9 Å². The maximum atomic E-state index is 12.2. The Morgan fingerprint density at radius 3 is 2.22 bits per heavy atom. The fourth-order valence-corrected chi connectivity index (χ4v) is 3.46. The number of esters is 1. The molecule has 6 nitrogen and oxygen atoms in total. The molecule has 1 aromatic rings. The van der Waals surface area contributed by atoms with E-state index in [2.05, 4.69) is 4.74 Å². The van der Waals surface area contributed by atoms with E-state index in [0.717, 1.165) is 4.88 Å². The number of nitrogens with zero attached hydrogens (tertiary/aromatic N) is 2. The van der Waals surface area contributed by atoms with Crippen molar-refractivity contribution in [2.24, 2.45) is 0 Å². The minimum absolute atomic E-state index is 0.0465. The molecule has 0 bridgehead atoms. The molecule has 23 heavy (non-hydrogen) atoms. The van der Waals surface area contributed by atoms with Gasteiger partial charge in [0.2, 0.25) is 11.8 Å². The van der Waals surface area contributed by atoms with Crippen LogP contribution in [0.1, 0.15) is 17.7 Å². The van der Waals surface area contributed by atoms with Crippen LogP contribution in [0.2, 0.25) is 4.34 Å². The van der Waals surface area contributed by atoms with E-state index in [0.29, 0.717) is 36.9 Å². The average Bonchev–Trinajstić information content (AvgIpc) is 2.97. The second-order valence-corrected chi connectivity index (χ2v) is 7.02. The summed E-state index contributed by atoms with van der Waals surface area (Å²) in [6.45, 7) is 2.03. The summed E-state index contributed by atoms with van der Waals surface area (Å²) in [5, 5.41) is 0. The maximum Gasteiger partial charge on any atom is 0.306 e. The number of ether oxygens (including phenoxy) is 1. The van der Waals surface area contributed by atoms with Gasteiger partial charge in [-0.15, -0.1) is 11.3 Å². The molecule has 1 saturated heterocycles. The normalized spacial score (nSPS) is 14.7. The van der Waals surface area contributed by atoms with Crippen LogP contribution in [0.3, 0.4) is 0 Å². The fraction of sp³-hybridized carbons (Fsp3) is 0.533.